The maximum atomic E-state index is 13.2. The van der Waals surface area contributed by atoms with Gasteiger partial charge in [0.2, 0.25) is 9.84 Å². The fourth-order valence-electron chi connectivity index (χ4n) is 3.56. The Kier molecular flexibility index (Phi) is 11.5. The third kappa shape index (κ3) is 10.2. The fourth-order valence-corrected chi connectivity index (χ4v) is 6.54. The van der Waals surface area contributed by atoms with E-state index < -0.39 is 9.84 Å². The molecule has 2 aromatic rings. The van der Waals surface area contributed by atoms with Crippen molar-refractivity contribution in [3.63, 3.8) is 0 Å². The summed E-state index contributed by atoms with van der Waals surface area (Å²) in [6.07, 6.45) is 12.2. The first kappa shape index (κ1) is 32.7. The van der Waals surface area contributed by atoms with Crippen molar-refractivity contribution in [3.05, 3.63) is 125 Å². The van der Waals surface area contributed by atoms with E-state index in [1.54, 1.807) is 47.8 Å². The maximum Gasteiger partial charge on any atom is 0.206 e. The standard InChI is InChI=1S/C34H42O2S3/c1-11-27(15-14-26(4)38-34(8,9)10)25(3)13-18-29(12-2)37-30-19-23-32(24-20-30)39(35,36)31-21-16-28(17-22-31)33(5,6)7/h11-24H,3-4H2,1-2,5-10H3/b15-14-,18-13-,27-11+,29-12+. The second kappa shape index (κ2) is 13.7. The van der Waals surface area contributed by atoms with Crippen LogP contribution < -0.4 is 0 Å². The molecule has 0 fully saturated rings. The average molecular weight is 579 g/mol. The Bertz CT molecular complexity index is 1390. The molecular weight excluding hydrogens is 537 g/mol. The summed E-state index contributed by atoms with van der Waals surface area (Å²) in [5.74, 6) is 0. The van der Waals surface area contributed by atoms with Crippen molar-refractivity contribution < 1.29 is 8.42 Å². The molecule has 2 rings (SSSR count). The Labute approximate surface area is 245 Å². The largest absolute Gasteiger partial charge is 0.219 e. The average Bonchev–Trinajstić information content (AvgIpc) is 2.85. The molecule has 39 heavy (non-hydrogen) atoms. The van der Waals surface area contributed by atoms with Crippen molar-refractivity contribution in [2.24, 2.45) is 0 Å². The first-order valence-corrected chi connectivity index (χ1v) is 16.1. The van der Waals surface area contributed by atoms with Crippen LogP contribution in [0, 0.1) is 0 Å². The van der Waals surface area contributed by atoms with Crippen LogP contribution in [0.4, 0.5) is 0 Å². The van der Waals surface area contributed by atoms with Gasteiger partial charge in [-0.3, -0.25) is 0 Å². The minimum atomic E-state index is -3.58. The predicted molar refractivity (Wildman–Crippen MR) is 174 cm³/mol. The van der Waals surface area contributed by atoms with E-state index in [0.29, 0.717) is 4.90 Å². The van der Waals surface area contributed by atoms with Crippen LogP contribution in [0.25, 0.3) is 0 Å². The molecule has 0 aromatic heterocycles. The van der Waals surface area contributed by atoms with Gasteiger partial charge in [-0.2, -0.15) is 0 Å². The molecule has 0 aliphatic rings. The molecule has 0 spiro atoms. The molecule has 208 valence electrons. The number of sulfone groups is 1. The normalized spacial score (nSPS) is 13.8. The summed E-state index contributed by atoms with van der Waals surface area (Å²) in [4.78, 5) is 3.60. The van der Waals surface area contributed by atoms with Crippen molar-refractivity contribution in [2.45, 2.75) is 80.2 Å². The predicted octanol–water partition coefficient (Wildman–Crippen LogP) is 10.5. The van der Waals surface area contributed by atoms with Crippen LogP contribution in [-0.4, -0.2) is 13.2 Å². The Morgan fingerprint density at radius 2 is 1.28 bits per heavy atom. The van der Waals surface area contributed by atoms with Crippen molar-refractivity contribution in [1.82, 2.24) is 0 Å². The highest BCUT2D eigenvalue weighted by Crippen LogP contribution is 2.32. The zero-order chi connectivity index (χ0) is 29.4. The van der Waals surface area contributed by atoms with Gasteiger partial charge in [0.25, 0.3) is 0 Å². The van der Waals surface area contributed by atoms with Gasteiger partial charge < -0.3 is 0 Å². The monoisotopic (exact) mass is 578 g/mol. The number of hydrogen-bond acceptors (Lipinski definition) is 4. The lowest BCUT2D eigenvalue weighted by Gasteiger charge is -2.19. The van der Waals surface area contributed by atoms with Crippen LogP contribution in [0.1, 0.15) is 61.0 Å². The zero-order valence-corrected chi connectivity index (χ0v) is 27.0. The van der Waals surface area contributed by atoms with Crippen LogP contribution in [0.15, 0.2) is 134 Å². The van der Waals surface area contributed by atoms with E-state index in [9.17, 15) is 8.42 Å². The molecule has 0 heterocycles. The summed E-state index contributed by atoms with van der Waals surface area (Å²) in [5, 5.41) is 0. The third-order valence-electron chi connectivity index (χ3n) is 5.70. The second-order valence-corrected chi connectivity index (χ2v) is 16.2. The van der Waals surface area contributed by atoms with Gasteiger partial charge in [-0.1, -0.05) is 103 Å². The summed E-state index contributed by atoms with van der Waals surface area (Å²) < 4.78 is 26.4. The molecule has 0 bridgehead atoms. The van der Waals surface area contributed by atoms with E-state index in [1.165, 1.54) is 0 Å². The van der Waals surface area contributed by atoms with Gasteiger partial charge >= 0.3 is 0 Å². The molecule has 0 unspecified atom stereocenters. The van der Waals surface area contributed by atoms with Gasteiger partial charge in [-0.15, -0.1) is 11.8 Å². The summed E-state index contributed by atoms with van der Waals surface area (Å²) >= 11 is 3.32. The SMILES string of the molecule is C=C(/C=C\C(=C/C)C(=C)/C=C\C(=C/C)Sc1ccc(S(=O)(=O)c2ccc(C(C)(C)C)cc2)cc1)SC(C)(C)C. The lowest BCUT2D eigenvalue weighted by Crippen LogP contribution is -2.11. The first-order chi connectivity index (χ1) is 18.1. The van der Waals surface area contributed by atoms with Crippen LogP contribution >= 0.6 is 23.5 Å². The number of allylic oxidation sites excluding steroid dienone is 8. The van der Waals surface area contributed by atoms with Gasteiger partial charge in [0.1, 0.15) is 0 Å². The molecule has 0 aliphatic carbocycles. The van der Waals surface area contributed by atoms with Crippen molar-refractivity contribution in [3.8, 4) is 0 Å². The van der Waals surface area contributed by atoms with E-state index in [-0.39, 0.29) is 15.1 Å². The number of rotatable bonds is 10. The van der Waals surface area contributed by atoms with Crippen molar-refractivity contribution >= 4 is 33.4 Å². The minimum absolute atomic E-state index is 0.0298. The number of hydrogen-bond donors (Lipinski definition) is 0. The van der Waals surface area contributed by atoms with Crippen molar-refractivity contribution in [1.29, 1.82) is 0 Å². The zero-order valence-electron chi connectivity index (χ0n) is 24.5. The number of thioether (sulfide) groups is 2. The Morgan fingerprint density at radius 1 is 0.744 bits per heavy atom. The molecule has 5 heteroatoms. The molecule has 0 radical (unpaired) electrons. The van der Waals surface area contributed by atoms with Gasteiger partial charge in [0.05, 0.1) is 9.79 Å². The maximum absolute atomic E-state index is 13.2. The lowest BCUT2D eigenvalue weighted by atomic mass is 9.87. The van der Waals surface area contributed by atoms with Crippen LogP contribution in [0.2, 0.25) is 0 Å². The molecule has 2 aromatic carbocycles. The van der Waals surface area contributed by atoms with Gasteiger partial charge in [-0.05, 0) is 84.5 Å². The van der Waals surface area contributed by atoms with Crippen LogP contribution in [0.3, 0.4) is 0 Å². The van der Waals surface area contributed by atoms with Gasteiger partial charge in [0, 0.05) is 19.5 Å². The number of benzene rings is 2. The molecule has 0 atom stereocenters. The summed E-state index contributed by atoms with van der Waals surface area (Å²) in [7, 11) is -3.58. The molecular formula is C34H42O2S3. The van der Waals surface area contributed by atoms with E-state index in [1.807, 2.05) is 74.6 Å². The Balaban J connectivity index is 2.10. The second-order valence-electron chi connectivity index (χ2n) is 11.2. The summed E-state index contributed by atoms with van der Waals surface area (Å²) in [6.45, 7) is 25.2. The molecule has 0 saturated carbocycles. The minimum Gasteiger partial charge on any atom is -0.219 e. The summed E-state index contributed by atoms with van der Waals surface area (Å²) in [5.41, 5.74) is 3.01. The topological polar surface area (TPSA) is 34.1 Å². The van der Waals surface area contributed by atoms with E-state index in [4.69, 9.17) is 0 Å². The first-order valence-electron chi connectivity index (χ1n) is 13.0. The highest BCUT2D eigenvalue weighted by atomic mass is 32.2. The van der Waals surface area contributed by atoms with Crippen molar-refractivity contribution in [2.75, 3.05) is 0 Å². The van der Waals surface area contributed by atoms with Gasteiger partial charge in [-0.25, -0.2) is 8.42 Å². The van der Waals surface area contributed by atoms with E-state index in [2.05, 4.69) is 54.7 Å². The smallest absolute Gasteiger partial charge is 0.206 e. The van der Waals surface area contributed by atoms with E-state index >= 15 is 0 Å². The quantitative estimate of drug-likeness (QED) is 0.207. The lowest BCUT2D eigenvalue weighted by molar-refractivity contribution is 0.586. The Hall–Kier alpha value is -2.47. The highest BCUT2D eigenvalue weighted by molar-refractivity contribution is 8.04. The summed E-state index contributed by atoms with van der Waals surface area (Å²) in [6, 6.07) is 14.2. The molecule has 0 N–H and O–H groups in total. The Morgan fingerprint density at radius 3 is 1.74 bits per heavy atom. The van der Waals surface area contributed by atoms with E-state index in [0.717, 1.165) is 31.4 Å². The fraction of sp³-hybridized carbons (Fsp3) is 0.294. The van der Waals surface area contributed by atoms with Gasteiger partial charge in [0.15, 0.2) is 0 Å². The van der Waals surface area contributed by atoms with Crippen LogP contribution in [-0.2, 0) is 15.3 Å². The van der Waals surface area contributed by atoms with Crippen LogP contribution in [0.5, 0.6) is 0 Å². The molecule has 2 nitrogen and oxygen atoms in total. The highest BCUT2D eigenvalue weighted by Gasteiger charge is 2.20. The molecule has 0 saturated heterocycles. The third-order valence-corrected chi connectivity index (χ3v) is 9.61. The molecule has 0 aliphatic heterocycles. The molecule has 0 amide bonds.